The van der Waals surface area contributed by atoms with Gasteiger partial charge in [0.25, 0.3) is 0 Å². The first-order valence-corrected chi connectivity index (χ1v) is 7.43. The summed E-state index contributed by atoms with van der Waals surface area (Å²) in [6.45, 7) is 4.09. The average Bonchev–Trinajstić information content (AvgIpc) is 2.69. The molecule has 0 saturated carbocycles. The van der Waals surface area contributed by atoms with Gasteiger partial charge in [0.05, 0.1) is 5.69 Å². The summed E-state index contributed by atoms with van der Waals surface area (Å²) in [6.07, 6.45) is 1.72. The van der Waals surface area contributed by atoms with Crippen molar-refractivity contribution < 1.29 is 4.39 Å². The average molecular weight is 310 g/mol. The molecule has 1 N–H and O–H groups in total. The molecular weight excluding hydrogens is 289 g/mol. The van der Waals surface area contributed by atoms with Crippen LogP contribution < -0.4 is 5.32 Å². The maximum atomic E-state index is 13.4. The van der Waals surface area contributed by atoms with E-state index in [-0.39, 0.29) is 11.9 Å². The maximum absolute atomic E-state index is 13.4. The maximum Gasteiger partial charge on any atom is 0.123 e. The molecule has 1 aromatic carbocycles. The van der Waals surface area contributed by atoms with E-state index in [1.54, 1.807) is 6.07 Å². The van der Waals surface area contributed by atoms with Gasteiger partial charge in [-0.3, -0.25) is 4.68 Å². The predicted molar refractivity (Wildman–Crippen MR) is 84.2 cm³/mol. The zero-order valence-corrected chi connectivity index (χ0v) is 13.6. The van der Waals surface area contributed by atoms with Crippen LogP contribution in [0, 0.1) is 19.7 Å². The first-order chi connectivity index (χ1) is 9.93. The first kappa shape index (κ1) is 16.0. The van der Waals surface area contributed by atoms with Crippen molar-refractivity contribution in [2.45, 2.75) is 32.7 Å². The van der Waals surface area contributed by atoms with Gasteiger partial charge in [-0.25, -0.2) is 4.39 Å². The number of hydrogen-bond donors (Lipinski definition) is 1. The lowest BCUT2D eigenvalue weighted by Crippen LogP contribution is -2.18. The van der Waals surface area contributed by atoms with Gasteiger partial charge in [-0.1, -0.05) is 11.6 Å². The lowest BCUT2D eigenvalue weighted by molar-refractivity contribution is 0.541. The molecule has 2 rings (SSSR count). The summed E-state index contributed by atoms with van der Waals surface area (Å²) < 4.78 is 15.3. The van der Waals surface area contributed by atoms with Crippen LogP contribution in [0.25, 0.3) is 0 Å². The van der Waals surface area contributed by atoms with Crippen LogP contribution in [0.1, 0.15) is 35.0 Å². The van der Waals surface area contributed by atoms with Crippen molar-refractivity contribution >= 4 is 11.6 Å². The Morgan fingerprint density at radius 3 is 2.67 bits per heavy atom. The second-order valence-corrected chi connectivity index (χ2v) is 5.73. The topological polar surface area (TPSA) is 29.9 Å². The van der Waals surface area contributed by atoms with E-state index in [9.17, 15) is 4.39 Å². The molecule has 0 amide bonds. The third kappa shape index (κ3) is 3.44. The molecule has 0 radical (unpaired) electrons. The van der Waals surface area contributed by atoms with E-state index < -0.39 is 0 Å². The minimum absolute atomic E-state index is 0.0206. The largest absolute Gasteiger partial charge is 0.313 e. The monoisotopic (exact) mass is 309 g/mol. The number of nitrogens with zero attached hydrogens (tertiary/aromatic N) is 2. The van der Waals surface area contributed by atoms with Gasteiger partial charge >= 0.3 is 0 Å². The van der Waals surface area contributed by atoms with Gasteiger partial charge in [-0.05, 0) is 63.1 Å². The Kier molecular flexibility index (Phi) is 5.01. The third-order valence-electron chi connectivity index (χ3n) is 4.02. The molecule has 0 bridgehead atoms. The summed E-state index contributed by atoms with van der Waals surface area (Å²) in [7, 11) is 3.82. The lowest BCUT2D eigenvalue weighted by Gasteiger charge is -2.18. The number of benzene rings is 1. The number of nitrogens with one attached hydrogen (secondary N) is 1. The van der Waals surface area contributed by atoms with Crippen LogP contribution in [-0.2, 0) is 13.5 Å². The predicted octanol–water partition coefficient (Wildman–Crippen LogP) is 3.72. The highest BCUT2D eigenvalue weighted by molar-refractivity contribution is 6.31. The van der Waals surface area contributed by atoms with Crippen molar-refractivity contribution in [3.05, 3.63) is 51.6 Å². The van der Waals surface area contributed by atoms with E-state index in [0.29, 0.717) is 5.02 Å². The van der Waals surface area contributed by atoms with Crippen LogP contribution in [0.4, 0.5) is 4.39 Å². The van der Waals surface area contributed by atoms with Gasteiger partial charge in [0.2, 0.25) is 0 Å². The fourth-order valence-electron chi connectivity index (χ4n) is 2.70. The minimum Gasteiger partial charge on any atom is -0.313 e. The van der Waals surface area contributed by atoms with E-state index in [1.165, 1.54) is 23.4 Å². The van der Waals surface area contributed by atoms with E-state index in [4.69, 9.17) is 11.6 Å². The van der Waals surface area contributed by atoms with Crippen molar-refractivity contribution in [3.8, 4) is 0 Å². The molecule has 1 atom stereocenters. The summed E-state index contributed by atoms with van der Waals surface area (Å²) in [6, 6.07) is 4.52. The van der Waals surface area contributed by atoms with Crippen LogP contribution in [-0.4, -0.2) is 16.8 Å². The van der Waals surface area contributed by atoms with Gasteiger partial charge in [-0.2, -0.15) is 5.10 Å². The van der Waals surface area contributed by atoms with Gasteiger partial charge in [-0.15, -0.1) is 0 Å². The van der Waals surface area contributed by atoms with Gasteiger partial charge < -0.3 is 5.32 Å². The molecule has 5 heteroatoms. The quantitative estimate of drug-likeness (QED) is 0.912. The van der Waals surface area contributed by atoms with E-state index >= 15 is 0 Å². The summed E-state index contributed by atoms with van der Waals surface area (Å²) >= 11 is 6.20. The Morgan fingerprint density at radius 1 is 1.38 bits per heavy atom. The highest BCUT2D eigenvalue weighted by Gasteiger charge is 2.16. The SMILES string of the molecule is CNC(CCc1c(C)nn(C)c1C)c1cc(F)ccc1Cl. The van der Waals surface area contributed by atoms with Crippen molar-refractivity contribution in [1.82, 2.24) is 15.1 Å². The lowest BCUT2D eigenvalue weighted by atomic mass is 9.98. The van der Waals surface area contributed by atoms with Crippen LogP contribution in [0.15, 0.2) is 18.2 Å². The Labute approximate surface area is 130 Å². The standard InChI is InChI=1S/C16H21ClFN3/c1-10-13(11(2)21(4)20-10)6-8-16(19-3)14-9-12(18)5-7-15(14)17/h5,7,9,16,19H,6,8H2,1-4H3. The molecule has 2 aromatic rings. The Hall–Kier alpha value is -1.39. The molecule has 114 valence electrons. The second kappa shape index (κ2) is 6.58. The van der Waals surface area contributed by atoms with Crippen molar-refractivity contribution in [1.29, 1.82) is 0 Å². The van der Waals surface area contributed by atoms with Crippen LogP contribution >= 0.6 is 11.6 Å². The normalized spacial score (nSPS) is 12.7. The van der Waals surface area contributed by atoms with Gasteiger partial charge in [0.15, 0.2) is 0 Å². The van der Waals surface area contributed by atoms with Crippen molar-refractivity contribution in [2.75, 3.05) is 7.05 Å². The van der Waals surface area contributed by atoms with E-state index in [1.807, 2.05) is 25.7 Å². The Morgan fingerprint density at radius 2 is 2.10 bits per heavy atom. The second-order valence-electron chi connectivity index (χ2n) is 5.32. The molecule has 0 spiro atoms. The fraction of sp³-hybridized carbons (Fsp3) is 0.438. The molecule has 3 nitrogen and oxygen atoms in total. The molecule has 1 heterocycles. The summed E-state index contributed by atoms with van der Waals surface area (Å²) in [5, 5.41) is 8.25. The number of aromatic nitrogens is 2. The van der Waals surface area contributed by atoms with E-state index in [2.05, 4.69) is 17.3 Å². The molecule has 1 unspecified atom stereocenters. The summed E-state index contributed by atoms with van der Waals surface area (Å²) in [5.41, 5.74) is 4.28. The number of halogens is 2. The molecule has 21 heavy (non-hydrogen) atoms. The number of hydrogen-bond acceptors (Lipinski definition) is 2. The molecule has 0 saturated heterocycles. The van der Waals surface area contributed by atoms with Crippen molar-refractivity contribution in [2.24, 2.45) is 7.05 Å². The summed E-state index contributed by atoms with van der Waals surface area (Å²) in [4.78, 5) is 0. The molecule has 0 aliphatic carbocycles. The van der Waals surface area contributed by atoms with Crippen LogP contribution in [0.5, 0.6) is 0 Å². The zero-order valence-electron chi connectivity index (χ0n) is 12.9. The molecule has 0 aliphatic rings. The molecule has 0 fully saturated rings. The fourth-order valence-corrected chi connectivity index (χ4v) is 2.95. The molecule has 1 aromatic heterocycles. The molecular formula is C16H21ClFN3. The highest BCUT2D eigenvalue weighted by atomic mass is 35.5. The Bertz CT molecular complexity index is 637. The van der Waals surface area contributed by atoms with Crippen LogP contribution in [0.2, 0.25) is 5.02 Å². The third-order valence-corrected chi connectivity index (χ3v) is 4.37. The number of aryl methyl sites for hydroxylation is 2. The Balaban J connectivity index is 2.18. The smallest absolute Gasteiger partial charge is 0.123 e. The van der Waals surface area contributed by atoms with E-state index in [0.717, 1.165) is 24.1 Å². The number of rotatable bonds is 5. The van der Waals surface area contributed by atoms with Gasteiger partial charge in [0.1, 0.15) is 5.82 Å². The first-order valence-electron chi connectivity index (χ1n) is 7.05. The molecule has 0 aliphatic heterocycles. The van der Waals surface area contributed by atoms with Gasteiger partial charge in [0, 0.05) is 23.8 Å². The highest BCUT2D eigenvalue weighted by Crippen LogP contribution is 2.28. The van der Waals surface area contributed by atoms with Crippen LogP contribution in [0.3, 0.4) is 0 Å². The summed E-state index contributed by atoms with van der Waals surface area (Å²) in [5.74, 6) is -0.261. The van der Waals surface area contributed by atoms with Crippen molar-refractivity contribution in [3.63, 3.8) is 0 Å². The minimum atomic E-state index is -0.261. The zero-order chi connectivity index (χ0) is 15.6.